The summed E-state index contributed by atoms with van der Waals surface area (Å²) in [5.74, 6) is 0.675. The molecule has 4 heteroatoms. The van der Waals surface area contributed by atoms with Crippen molar-refractivity contribution in [2.45, 2.75) is 33.1 Å². The van der Waals surface area contributed by atoms with E-state index in [0.29, 0.717) is 0 Å². The lowest BCUT2D eigenvalue weighted by molar-refractivity contribution is -0.127. The van der Waals surface area contributed by atoms with Crippen LogP contribution in [0.2, 0.25) is 0 Å². The number of carbonyl (C=O) groups excluding carboxylic acids is 1. The Hall–Kier alpha value is -0.610. The van der Waals surface area contributed by atoms with Crippen molar-refractivity contribution in [2.24, 2.45) is 17.8 Å². The van der Waals surface area contributed by atoms with Crippen LogP contribution in [0.4, 0.5) is 0 Å². The number of hydrogen-bond acceptors (Lipinski definition) is 3. The predicted octanol–water partition coefficient (Wildman–Crippen LogP) is 1.10. The van der Waals surface area contributed by atoms with Gasteiger partial charge in [0.25, 0.3) is 0 Å². The summed E-state index contributed by atoms with van der Waals surface area (Å²) in [6.07, 6.45) is 3.54. The highest BCUT2D eigenvalue weighted by Gasteiger charge is 2.21. The lowest BCUT2D eigenvalue weighted by Crippen LogP contribution is -2.37. The fourth-order valence-corrected chi connectivity index (χ4v) is 2.48. The molecule has 1 aliphatic rings. The van der Waals surface area contributed by atoms with Crippen molar-refractivity contribution in [3.05, 3.63) is 0 Å². The molecule has 0 spiro atoms. The number of carbonyl (C=O) groups is 1. The van der Waals surface area contributed by atoms with E-state index in [1.807, 2.05) is 13.8 Å². The molecule has 1 atom stereocenters. The third kappa shape index (κ3) is 4.94. The summed E-state index contributed by atoms with van der Waals surface area (Å²) in [6.45, 7) is 6.97. The van der Waals surface area contributed by atoms with E-state index in [4.69, 9.17) is 0 Å². The van der Waals surface area contributed by atoms with Gasteiger partial charge in [0.2, 0.25) is 5.91 Å². The van der Waals surface area contributed by atoms with Crippen molar-refractivity contribution in [1.82, 2.24) is 10.2 Å². The third-order valence-electron chi connectivity index (χ3n) is 4.03. The Kier molecular flexibility index (Phi) is 6.65. The average molecular weight is 256 g/mol. The summed E-state index contributed by atoms with van der Waals surface area (Å²) >= 11 is 0. The zero-order valence-electron chi connectivity index (χ0n) is 12.0. The van der Waals surface area contributed by atoms with E-state index in [9.17, 15) is 9.90 Å². The van der Waals surface area contributed by atoms with Crippen LogP contribution >= 0.6 is 0 Å². The molecule has 1 heterocycles. The monoisotopic (exact) mass is 256 g/mol. The van der Waals surface area contributed by atoms with Gasteiger partial charge in [-0.15, -0.1) is 0 Å². The second kappa shape index (κ2) is 7.74. The molecule has 18 heavy (non-hydrogen) atoms. The second-order valence-electron chi connectivity index (χ2n) is 5.86. The van der Waals surface area contributed by atoms with Crippen molar-refractivity contribution in [1.29, 1.82) is 0 Å². The van der Waals surface area contributed by atoms with Gasteiger partial charge in [0.1, 0.15) is 0 Å². The van der Waals surface area contributed by atoms with Gasteiger partial charge in [0.15, 0.2) is 0 Å². The van der Waals surface area contributed by atoms with Crippen molar-refractivity contribution in [2.75, 3.05) is 33.3 Å². The van der Waals surface area contributed by atoms with Gasteiger partial charge in [-0.25, -0.2) is 0 Å². The summed E-state index contributed by atoms with van der Waals surface area (Å²) in [5.41, 5.74) is 0. The minimum absolute atomic E-state index is 0.000396. The van der Waals surface area contributed by atoms with Gasteiger partial charge in [-0.3, -0.25) is 4.79 Å². The summed E-state index contributed by atoms with van der Waals surface area (Å²) in [5, 5.41) is 12.1. The first-order chi connectivity index (χ1) is 8.54. The molecule has 4 nitrogen and oxygen atoms in total. The first kappa shape index (κ1) is 15.4. The Bertz CT molecular complexity index is 248. The summed E-state index contributed by atoms with van der Waals surface area (Å²) < 4.78 is 0. The highest BCUT2D eigenvalue weighted by Crippen LogP contribution is 2.19. The van der Waals surface area contributed by atoms with E-state index in [0.717, 1.165) is 18.9 Å². The minimum Gasteiger partial charge on any atom is -0.396 e. The van der Waals surface area contributed by atoms with E-state index in [1.165, 1.54) is 25.9 Å². The molecular weight excluding hydrogens is 228 g/mol. The normalized spacial score (nSPS) is 20.1. The van der Waals surface area contributed by atoms with Crippen LogP contribution in [0, 0.1) is 17.8 Å². The Morgan fingerprint density at radius 1 is 1.39 bits per heavy atom. The molecule has 106 valence electrons. The zero-order chi connectivity index (χ0) is 13.5. The number of amides is 1. The molecule has 0 aliphatic carbocycles. The van der Waals surface area contributed by atoms with E-state index >= 15 is 0 Å². The zero-order valence-corrected chi connectivity index (χ0v) is 12.0. The maximum absolute atomic E-state index is 11.8. The first-order valence-corrected chi connectivity index (χ1v) is 7.11. The number of aliphatic hydroxyl groups excluding tert-OH is 1. The van der Waals surface area contributed by atoms with E-state index < -0.39 is 0 Å². The number of nitrogens with zero attached hydrogens (tertiary/aromatic N) is 1. The fraction of sp³-hybridized carbons (Fsp3) is 0.929. The van der Waals surface area contributed by atoms with Crippen molar-refractivity contribution >= 4 is 5.91 Å². The van der Waals surface area contributed by atoms with Crippen LogP contribution in [0.25, 0.3) is 0 Å². The number of rotatable bonds is 6. The molecular formula is C14H28N2O2. The lowest BCUT2D eigenvalue weighted by Gasteiger charge is -2.29. The molecule has 1 saturated heterocycles. The van der Waals surface area contributed by atoms with E-state index in [-0.39, 0.29) is 24.3 Å². The van der Waals surface area contributed by atoms with Crippen LogP contribution in [0.5, 0.6) is 0 Å². The largest absolute Gasteiger partial charge is 0.396 e. The van der Waals surface area contributed by atoms with Crippen molar-refractivity contribution < 1.29 is 9.90 Å². The number of hydrogen-bond donors (Lipinski definition) is 2. The third-order valence-corrected chi connectivity index (χ3v) is 4.03. The highest BCUT2D eigenvalue weighted by molar-refractivity contribution is 5.78. The molecule has 0 aromatic carbocycles. The number of likely N-dealkylation sites (tertiary alicyclic amines) is 1. The van der Waals surface area contributed by atoms with Crippen LogP contribution < -0.4 is 5.32 Å². The van der Waals surface area contributed by atoms with Crippen LogP contribution in [0.15, 0.2) is 0 Å². The van der Waals surface area contributed by atoms with Crippen LogP contribution in [0.1, 0.15) is 33.1 Å². The minimum atomic E-state index is -0.262. The van der Waals surface area contributed by atoms with Crippen LogP contribution in [0.3, 0.4) is 0 Å². The maximum atomic E-state index is 11.8. The first-order valence-electron chi connectivity index (χ1n) is 7.11. The lowest BCUT2D eigenvalue weighted by atomic mass is 9.93. The molecule has 2 N–H and O–H groups in total. The molecule has 1 amide bonds. The molecule has 0 bridgehead atoms. The standard InChI is InChI=1S/C14H28N2O2/c1-11(2)13(10-17)14(18)15-7-4-12-5-8-16(3)9-6-12/h11-13,17H,4-10H2,1-3H3,(H,15,18). The molecule has 1 rings (SSSR count). The fourth-order valence-electron chi connectivity index (χ4n) is 2.48. The maximum Gasteiger partial charge on any atom is 0.225 e. The van der Waals surface area contributed by atoms with Gasteiger partial charge in [-0.1, -0.05) is 13.8 Å². The van der Waals surface area contributed by atoms with Gasteiger partial charge in [-0.05, 0) is 51.2 Å². The average Bonchev–Trinajstić information content (AvgIpc) is 2.32. The topological polar surface area (TPSA) is 52.6 Å². The van der Waals surface area contributed by atoms with Gasteiger partial charge >= 0.3 is 0 Å². The molecule has 0 aromatic rings. The number of aliphatic hydroxyl groups is 1. The van der Waals surface area contributed by atoms with Gasteiger partial charge in [0, 0.05) is 6.54 Å². The molecule has 0 aromatic heterocycles. The summed E-state index contributed by atoms with van der Waals surface area (Å²) in [7, 11) is 2.16. The molecule has 1 unspecified atom stereocenters. The Labute approximate surface area is 111 Å². The van der Waals surface area contributed by atoms with Crippen LogP contribution in [-0.2, 0) is 4.79 Å². The Morgan fingerprint density at radius 3 is 2.50 bits per heavy atom. The van der Waals surface area contributed by atoms with Gasteiger partial charge in [-0.2, -0.15) is 0 Å². The summed E-state index contributed by atoms with van der Waals surface area (Å²) in [4.78, 5) is 14.2. The number of piperidine rings is 1. The molecule has 0 radical (unpaired) electrons. The summed E-state index contributed by atoms with van der Waals surface area (Å²) in [6, 6.07) is 0. The van der Waals surface area contributed by atoms with Crippen molar-refractivity contribution in [3.63, 3.8) is 0 Å². The van der Waals surface area contributed by atoms with E-state index in [2.05, 4.69) is 17.3 Å². The second-order valence-corrected chi connectivity index (χ2v) is 5.86. The predicted molar refractivity (Wildman–Crippen MR) is 73.3 cm³/mol. The van der Waals surface area contributed by atoms with E-state index in [1.54, 1.807) is 0 Å². The quantitative estimate of drug-likeness (QED) is 0.748. The molecule has 1 fully saturated rings. The SMILES string of the molecule is CC(C)C(CO)C(=O)NCCC1CCN(C)CC1. The highest BCUT2D eigenvalue weighted by atomic mass is 16.3. The Balaban J connectivity index is 2.19. The van der Waals surface area contributed by atoms with Crippen molar-refractivity contribution in [3.8, 4) is 0 Å². The number of nitrogens with one attached hydrogen (secondary N) is 1. The molecule has 0 saturated carbocycles. The van der Waals surface area contributed by atoms with Crippen LogP contribution in [-0.4, -0.2) is 49.2 Å². The van der Waals surface area contributed by atoms with Gasteiger partial charge in [0.05, 0.1) is 12.5 Å². The smallest absolute Gasteiger partial charge is 0.225 e. The van der Waals surface area contributed by atoms with Gasteiger partial charge < -0.3 is 15.3 Å². The molecule has 1 aliphatic heterocycles. The Morgan fingerprint density at radius 2 is 2.00 bits per heavy atom.